The Morgan fingerprint density at radius 1 is 1.25 bits per heavy atom. The Morgan fingerprint density at radius 2 is 2.00 bits per heavy atom. The highest BCUT2D eigenvalue weighted by Gasteiger charge is 2.17. The molecular formula is C14H12BrCl2FN2. The van der Waals surface area contributed by atoms with Crippen molar-refractivity contribution in [2.24, 2.45) is 5.84 Å². The maximum atomic E-state index is 13.3. The first kappa shape index (κ1) is 15.7. The van der Waals surface area contributed by atoms with Crippen molar-refractivity contribution in [2.45, 2.75) is 12.5 Å². The Morgan fingerprint density at radius 3 is 2.70 bits per heavy atom. The van der Waals surface area contributed by atoms with Crippen molar-refractivity contribution in [3.63, 3.8) is 0 Å². The minimum Gasteiger partial charge on any atom is -0.271 e. The van der Waals surface area contributed by atoms with Gasteiger partial charge < -0.3 is 0 Å². The van der Waals surface area contributed by atoms with E-state index in [9.17, 15) is 4.39 Å². The molecule has 2 rings (SSSR count). The van der Waals surface area contributed by atoms with E-state index in [1.54, 1.807) is 0 Å². The summed E-state index contributed by atoms with van der Waals surface area (Å²) in [5, 5.41) is 1.07. The number of hydrogen-bond acceptors (Lipinski definition) is 2. The number of halogens is 4. The molecule has 0 saturated heterocycles. The Balaban J connectivity index is 2.34. The van der Waals surface area contributed by atoms with E-state index in [0.717, 1.165) is 10.0 Å². The second-order valence-electron chi connectivity index (χ2n) is 4.30. The van der Waals surface area contributed by atoms with Crippen LogP contribution in [-0.2, 0) is 6.42 Å². The molecule has 106 valence electrons. The van der Waals surface area contributed by atoms with Gasteiger partial charge in [-0.15, -0.1) is 0 Å². The smallest absolute Gasteiger partial charge is 0.123 e. The Labute approximate surface area is 135 Å². The molecule has 1 atom stereocenters. The van der Waals surface area contributed by atoms with Gasteiger partial charge in [0.25, 0.3) is 0 Å². The van der Waals surface area contributed by atoms with Crippen molar-refractivity contribution in [1.82, 2.24) is 5.43 Å². The van der Waals surface area contributed by atoms with Gasteiger partial charge in [-0.3, -0.25) is 11.3 Å². The van der Waals surface area contributed by atoms with Gasteiger partial charge in [0, 0.05) is 9.50 Å². The summed E-state index contributed by atoms with van der Waals surface area (Å²) in [6.45, 7) is 0. The second kappa shape index (κ2) is 6.87. The number of hydrogen-bond donors (Lipinski definition) is 2. The molecule has 0 aliphatic heterocycles. The molecule has 0 spiro atoms. The third-order valence-electron chi connectivity index (χ3n) is 2.99. The second-order valence-corrected chi connectivity index (χ2v) is 5.94. The lowest BCUT2D eigenvalue weighted by molar-refractivity contribution is 0.548. The SMILES string of the molecule is NNC(Cc1cc(F)ccc1Cl)c1cccc(Br)c1Cl. The van der Waals surface area contributed by atoms with Crippen molar-refractivity contribution in [2.75, 3.05) is 0 Å². The van der Waals surface area contributed by atoms with Gasteiger partial charge in [0.15, 0.2) is 0 Å². The van der Waals surface area contributed by atoms with Crippen LogP contribution in [-0.4, -0.2) is 0 Å². The summed E-state index contributed by atoms with van der Waals surface area (Å²) < 4.78 is 14.1. The lowest BCUT2D eigenvalue weighted by atomic mass is 9.99. The monoisotopic (exact) mass is 376 g/mol. The molecule has 0 bridgehead atoms. The van der Waals surface area contributed by atoms with Crippen LogP contribution >= 0.6 is 39.1 Å². The fourth-order valence-electron chi connectivity index (χ4n) is 1.97. The number of nitrogens with one attached hydrogen (secondary N) is 1. The van der Waals surface area contributed by atoms with Crippen molar-refractivity contribution in [3.8, 4) is 0 Å². The molecule has 3 N–H and O–H groups in total. The molecule has 1 unspecified atom stereocenters. The summed E-state index contributed by atoms with van der Waals surface area (Å²) in [6.07, 6.45) is 0.434. The number of nitrogens with two attached hydrogens (primary N) is 1. The van der Waals surface area contributed by atoms with Gasteiger partial charge in [0.05, 0.1) is 11.1 Å². The van der Waals surface area contributed by atoms with Crippen molar-refractivity contribution in [3.05, 3.63) is 67.9 Å². The molecule has 0 fully saturated rings. The van der Waals surface area contributed by atoms with Crippen LogP contribution in [0.3, 0.4) is 0 Å². The largest absolute Gasteiger partial charge is 0.271 e. The van der Waals surface area contributed by atoms with E-state index in [1.807, 2.05) is 18.2 Å². The molecule has 0 heterocycles. The number of benzene rings is 2. The van der Waals surface area contributed by atoms with Gasteiger partial charge in [-0.2, -0.15) is 0 Å². The lowest BCUT2D eigenvalue weighted by Gasteiger charge is -2.19. The molecule has 6 heteroatoms. The fraction of sp³-hybridized carbons (Fsp3) is 0.143. The van der Waals surface area contributed by atoms with E-state index in [0.29, 0.717) is 22.0 Å². The Bertz CT molecular complexity index is 622. The molecule has 0 aliphatic carbocycles. The van der Waals surface area contributed by atoms with Gasteiger partial charge in [0.2, 0.25) is 0 Å². The van der Waals surface area contributed by atoms with Gasteiger partial charge in [-0.1, -0.05) is 35.3 Å². The first-order chi connectivity index (χ1) is 9.52. The normalized spacial score (nSPS) is 12.4. The molecule has 0 aliphatic rings. The maximum Gasteiger partial charge on any atom is 0.123 e. The van der Waals surface area contributed by atoms with Crippen molar-refractivity contribution in [1.29, 1.82) is 0 Å². The zero-order chi connectivity index (χ0) is 14.7. The van der Waals surface area contributed by atoms with Crippen molar-refractivity contribution >= 4 is 39.1 Å². The molecular weight excluding hydrogens is 366 g/mol. The topological polar surface area (TPSA) is 38.0 Å². The van der Waals surface area contributed by atoms with Crippen molar-refractivity contribution < 1.29 is 4.39 Å². The first-order valence-corrected chi connectivity index (χ1v) is 7.41. The summed E-state index contributed by atoms with van der Waals surface area (Å²) in [6, 6.07) is 9.56. The average molecular weight is 378 g/mol. The Kier molecular flexibility index (Phi) is 5.41. The van der Waals surface area contributed by atoms with Gasteiger partial charge >= 0.3 is 0 Å². The highest BCUT2D eigenvalue weighted by Crippen LogP contribution is 2.32. The minimum absolute atomic E-state index is 0.265. The summed E-state index contributed by atoms with van der Waals surface area (Å²) in [4.78, 5) is 0. The van der Waals surface area contributed by atoms with Crippen LogP contribution in [0.15, 0.2) is 40.9 Å². The zero-order valence-electron chi connectivity index (χ0n) is 10.3. The van der Waals surface area contributed by atoms with Crippen LogP contribution < -0.4 is 11.3 Å². The molecule has 0 aromatic heterocycles. The quantitative estimate of drug-likeness (QED) is 0.601. The van der Waals surface area contributed by atoms with E-state index < -0.39 is 0 Å². The standard InChI is InChI=1S/C14H12BrCl2FN2/c15-11-3-1-2-10(14(11)17)13(20-19)7-8-6-9(18)4-5-12(8)16/h1-6,13,20H,7,19H2. The van der Waals surface area contributed by atoms with E-state index in [-0.39, 0.29) is 11.9 Å². The van der Waals surface area contributed by atoms with Crippen LogP contribution in [0, 0.1) is 5.82 Å². The van der Waals surface area contributed by atoms with Gasteiger partial charge in [-0.05, 0) is 57.7 Å². The summed E-state index contributed by atoms with van der Waals surface area (Å²) in [5.41, 5.74) is 4.19. The van der Waals surface area contributed by atoms with Crippen LogP contribution in [0.1, 0.15) is 17.2 Å². The summed E-state index contributed by atoms with van der Waals surface area (Å²) in [7, 11) is 0. The fourth-order valence-corrected chi connectivity index (χ4v) is 2.80. The van der Waals surface area contributed by atoms with Crippen LogP contribution in [0.4, 0.5) is 4.39 Å². The van der Waals surface area contributed by atoms with E-state index >= 15 is 0 Å². The van der Waals surface area contributed by atoms with Crippen LogP contribution in [0.25, 0.3) is 0 Å². The predicted molar refractivity (Wildman–Crippen MR) is 84.3 cm³/mol. The van der Waals surface area contributed by atoms with Gasteiger partial charge in [-0.25, -0.2) is 4.39 Å². The zero-order valence-corrected chi connectivity index (χ0v) is 13.4. The molecule has 0 saturated carbocycles. The van der Waals surface area contributed by atoms with E-state index in [2.05, 4.69) is 21.4 Å². The summed E-state index contributed by atoms with van der Waals surface area (Å²) in [5.74, 6) is 5.27. The lowest BCUT2D eigenvalue weighted by Crippen LogP contribution is -2.30. The number of rotatable bonds is 4. The third kappa shape index (κ3) is 3.51. The molecule has 0 amide bonds. The molecule has 2 aromatic rings. The van der Waals surface area contributed by atoms with E-state index in [4.69, 9.17) is 29.0 Å². The summed E-state index contributed by atoms with van der Waals surface area (Å²) >= 11 is 15.7. The first-order valence-electron chi connectivity index (χ1n) is 5.87. The van der Waals surface area contributed by atoms with Gasteiger partial charge in [0.1, 0.15) is 5.82 Å². The molecule has 0 radical (unpaired) electrons. The predicted octanol–water partition coefficient (Wildman–Crippen LogP) is 4.64. The third-order valence-corrected chi connectivity index (χ3v) is 4.67. The maximum absolute atomic E-state index is 13.3. The number of hydrazine groups is 1. The van der Waals surface area contributed by atoms with E-state index in [1.165, 1.54) is 18.2 Å². The highest BCUT2D eigenvalue weighted by atomic mass is 79.9. The van der Waals surface area contributed by atoms with Crippen LogP contribution in [0.2, 0.25) is 10.0 Å². The highest BCUT2D eigenvalue weighted by molar-refractivity contribution is 9.10. The minimum atomic E-state index is -0.333. The molecule has 20 heavy (non-hydrogen) atoms. The average Bonchev–Trinajstić information content (AvgIpc) is 2.43. The molecule has 2 aromatic carbocycles. The Hall–Kier alpha value is -0.650. The molecule has 2 nitrogen and oxygen atoms in total. The van der Waals surface area contributed by atoms with Crippen LogP contribution in [0.5, 0.6) is 0 Å².